The van der Waals surface area contributed by atoms with Crippen LogP contribution in [0.3, 0.4) is 0 Å². The normalized spacial score (nSPS) is 24.5. The minimum absolute atomic E-state index is 0.0314. The Morgan fingerprint density at radius 1 is 1.27 bits per heavy atom. The predicted molar refractivity (Wildman–Crippen MR) is 103 cm³/mol. The van der Waals surface area contributed by atoms with Crippen LogP contribution in [-0.2, 0) is 19.0 Å². The Labute approximate surface area is 170 Å². The van der Waals surface area contributed by atoms with Gasteiger partial charge in [0.05, 0.1) is 17.8 Å². The van der Waals surface area contributed by atoms with Crippen molar-refractivity contribution in [3.63, 3.8) is 0 Å². The second kappa shape index (κ2) is 7.45. The highest BCUT2D eigenvalue weighted by molar-refractivity contribution is 7.86. The van der Waals surface area contributed by atoms with Crippen LogP contribution < -0.4 is 11.3 Å². The van der Waals surface area contributed by atoms with Crippen molar-refractivity contribution in [3.05, 3.63) is 46.5 Å². The Hall–Kier alpha value is -2.84. The van der Waals surface area contributed by atoms with E-state index in [0.717, 1.165) is 5.56 Å². The van der Waals surface area contributed by atoms with Gasteiger partial charge in [-0.2, -0.15) is 13.4 Å². The van der Waals surface area contributed by atoms with Crippen LogP contribution in [0.4, 0.5) is 5.95 Å². The summed E-state index contributed by atoms with van der Waals surface area (Å²) in [6.07, 6.45) is -4.06. The summed E-state index contributed by atoms with van der Waals surface area (Å²) < 4.78 is 36.6. The van der Waals surface area contributed by atoms with E-state index in [1.54, 1.807) is 12.1 Å². The third-order valence-corrected chi connectivity index (χ3v) is 6.06. The van der Waals surface area contributed by atoms with Gasteiger partial charge in [0.1, 0.15) is 18.3 Å². The van der Waals surface area contributed by atoms with Crippen LogP contribution in [-0.4, -0.2) is 63.1 Å². The summed E-state index contributed by atoms with van der Waals surface area (Å²) in [4.78, 5) is 22.1. The lowest BCUT2D eigenvalue weighted by atomic mass is 10.1. The molecule has 1 fully saturated rings. The van der Waals surface area contributed by atoms with Gasteiger partial charge in [0.2, 0.25) is 5.95 Å². The molecule has 0 aliphatic carbocycles. The topological polar surface area (TPSA) is 183 Å². The van der Waals surface area contributed by atoms with Crippen molar-refractivity contribution in [1.82, 2.24) is 19.5 Å². The summed E-state index contributed by atoms with van der Waals surface area (Å²) in [5.74, 6) is -0.161. The molecule has 0 saturated carbocycles. The number of nitrogens with one attached hydrogen (secondary N) is 1. The number of nitrogen functional groups attached to an aromatic ring is 1. The van der Waals surface area contributed by atoms with Gasteiger partial charge in [0.25, 0.3) is 15.7 Å². The van der Waals surface area contributed by atoms with Crippen LogP contribution in [0.2, 0.25) is 0 Å². The Balaban J connectivity index is 1.54. The molecule has 1 aromatic carbocycles. The molecule has 3 aromatic rings. The monoisotopic (exact) mass is 437 g/mol. The van der Waals surface area contributed by atoms with Crippen LogP contribution in [0.5, 0.6) is 0 Å². The van der Waals surface area contributed by atoms with Crippen LogP contribution in [0.15, 0.2) is 40.3 Å². The number of nitrogens with zero attached hydrogens (tertiary/aromatic N) is 3. The van der Waals surface area contributed by atoms with E-state index in [2.05, 4.69) is 15.0 Å². The lowest BCUT2D eigenvalue weighted by Crippen LogP contribution is -2.34. The van der Waals surface area contributed by atoms with Crippen molar-refractivity contribution in [2.45, 2.75) is 36.4 Å². The van der Waals surface area contributed by atoms with Crippen molar-refractivity contribution >= 4 is 27.2 Å². The van der Waals surface area contributed by atoms with Crippen molar-refractivity contribution < 1.29 is 27.6 Å². The van der Waals surface area contributed by atoms with E-state index in [1.165, 1.54) is 23.0 Å². The number of aliphatic hydroxyl groups excluding tert-OH is 2. The maximum absolute atomic E-state index is 12.3. The second-order valence-corrected chi connectivity index (χ2v) is 8.49. The number of aromatic nitrogens is 4. The first-order valence-electron chi connectivity index (χ1n) is 8.87. The SMILES string of the molecule is Cc1ccc(S(=O)(=O)OC[C@@H]2O[C@@H](n3cnc4c(=O)[nH]c(N)nc43)[C@@H](O)[C@@H]2O)cc1. The number of aryl methyl sites for hydroxylation is 1. The number of aliphatic hydroxyl groups is 2. The van der Waals surface area contributed by atoms with E-state index in [0.29, 0.717) is 0 Å². The van der Waals surface area contributed by atoms with Crippen molar-refractivity contribution in [3.8, 4) is 0 Å². The molecule has 30 heavy (non-hydrogen) atoms. The maximum Gasteiger partial charge on any atom is 0.297 e. The molecule has 3 heterocycles. The molecule has 0 bridgehead atoms. The summed E-state index contributed by atoms with van der Waals surface area (Å²) in [5, 5.41) is 20.7. The number of anilines is 1. The van der Waals surface area contributed by atoms with E-state index in [9.17, 15) is 23.4 Å². The summed E-state index contributed by atoms with van der Waals surface area (Å²) in [5.41, 5.74) is 5.87. The van der Waals surface area contributed by atoms with Gasteiger partial charge in [-0.25, -0.2) is 4.98 Å². The van der Waals surface area contributed by atoms with Gasteiger partial charge >= 0.3 is 0 Å². The second-order valence-electron chi connectivity index (χ2n) is 6.87. The Kier molecular flexibility index (Phi) is 5.07. The fourth-order valence-electron chi connectivity index (χ4n) is 3.16. The van der Waals surface area contributed by atoms with E-state index in [-0.39, 0.29) is 22.0 Å². The van der Waals surface area contributed by atoms with Gasteiger partial charge in [0, 0.05) is 0 Å². The summed E-state index contributed by atoms with van der Waals surface area (Å²) >= 11 is 0. The number of H-pyrrole nitrogens is 1. The average molecular weight is 437 g/mol. The Morgan fingerprint density at radius 3 is 2.67 bits per heavy atom. The molecule has 0 amide bonds. The number of hydrogen-bond donors (Lipinski definition) is 4. The standard InChI is InChI=1S/C17H19N5O7S/c1-8-2-4-9(5-3-8)30(26,27)28-6-10-12(23)13(24)16(29-10)22-7-19-11-14(22)20-17(18)21-15(11)25/h2-5,7,10,12-13,16,23-24H,6H2,1H3,(H3,18,20,21,25)/t10-,12+,13-,16+/m0/s1. The number of benzene rings is 1. The lowest BCUT2D eigenvalue weighted by Gasteiger charge is -2.16. The smallest absolute Gasteiger partial charge is 0.297 e. The zero-order valence-corrected chi connectivity index (χ0v) is 16.5. The molecule has 160 valence electrons. The fraction of sp³-hybridized carbons (Fsp3) is 0.353. The molecule has 0 unspecified atom stereocenters. The largest absolute Gasteiger partial charge is 0.387 e. The quantitative estimate of drug-likeness (QED) is 0.362. The van der Waals surface area contributed by atoms with Crippen molar-refractivity contribution in [2.24, 2.45) is 0 Å². The van der Waals surface area contributed by atoms with Gasteiger partial charge in [-0.1, -0.05) is 17.7 Å². The molecule has 4 rings (SSSR count). The number of aromatic amines is 1. The molecule has 2 aromatic heterocycles. The summed E-state index contributed by atoms with van der Waals surface area (Å²) in [6, 6.07) is 6.06. The molecule has 12 nitrogen and oxygen atoms in total. The van der Waals surface area contributed by atoms with Gasteiger partial charge in [-0.05, 0) is 19.1 Å². The van der Waals surface area contributed by atoms with Crippen molar-refractivity contribution in [1.29, 1.82) is 0 Å². The number of nitrogens with two attached hydrogens (primary N) is 1. The average Bonchev–Trinajstić information content (AvgIpc) is 3.22. The number of rotatable bonds is 5. The Bertz CT molecular complexity index is 1240. The minimum atomic E-state index is -4.09. The molecule has 1 aliphatic rings. The first-order valence-corrected chi connectivity index (χ1v) is 10.3. The van der Waals surface area contributed by atoms with Gasteiger partial charge < -0.3 is 20.7 Å². The molecule has 1 saturated heterocycles. The van der Waals surface area contributed by atoms with E-state index in [4.69, 9.17) is 14.7 Å². The van der Waals surface area contributed by atoms with Crippen LogP contribution in [0, 0.1) is 6.92 Å². The highest BCUT2D eigenvalue weighted by Crippen LogP contribution is 2.31. The van der Waals surface area contributed by atoms with Gasteiger partial charge in [0.15, 0.2) is 17.4 Å². The molecular formula is C17H19N5O7S. The minimum Gasteiger partial charge on any atom is -0.387 e. The molecule has 0 radical (unpaired) electrons. The Morgan fingerprint density at radius 2 is 1.97 bits per heavy atom. The molecule has 0 spiro atoms. The molecule has 1 aliphatic heterocycles. The number of ether oxygens (including phenoxy) is 1. The third-order valence-electron chi connectivity index (χ3n) is 4.76. The lowest BCUT2D eigenvalue weighted by molar-refractivity contribution is -0.0467. The predicted octanol–water partition coefficient (Wildman–Crippen LogP) is -0.965. The first kappa shape index (κ1) is 20.4. The zero-order chi connectivity index (χ0) is 21.6. The molecule has 13 heteroatoms. The summed E-state index contributed by atoms with van der Waals surface area (Å²) in [7, 11) is -4.09. The van der Waals surface area contributed by atoms with E-state index >= 15 is 0 Å². The maximum atomic E-state index is 12.3. The van der Waals surface area contributed by atoms with Gasteiger partial charge in [-0.3, -0.25) is 18.5 Å². The summed E-state index contributed by atoms with van der Waals surface area (Å²) in [6.45, 7) is 1.28. The van der Waals surface area contributed by atoms with E-state index < -0.39 is 46.8 Å². The van der Waals surface area contributed by atoms with Crippen molar-refractivity contribution in [2.75, 3.05) is 12.3 Å². The highest BCUT2D eigenvalue weighted by atomic mass is 32.2. The van der Waals surface area contributed by atoms with Crippen LogP contribution >= 0.6 is 0 Å². The first-order chi connectivity index (χ1) is 14.2. The number of imidazole rings is 1. The molecular weight excluding hydrogens is 418 g/mol. The van der Waals surface area contributed by atoms with Crippen LogP contribution in [0.25, 0.3) is 11.2 Å². The highest BCUT2D eigenvalue weighted by Gasteiger charge is 2.45. The fourth-order valence-corrected chi connectivity index (χ4v) is 4.07. The molecule has 4 atom stereocenters. The van der Waals surface area contributed by atoms with Gasteiger partial charge in [-0.15, -0.1) is 0 Å². The number of fused-ring (bicyclic) bond motifs is 1. The zero-order valence-electron chi connectivity index (χ0n) is 15.7. The molecule has 5 N–H and O–H groups in total. The number of hydrogen-bond acceptors (Lipinski definition) is 10. The van der Waals surface area contributed by atoms with Crippen LogP contribution in [0.1, 0.15) is 11.8 Å². The van der Waals surface area contributed by atoms with E-state index in [1.807, 2.05) is 6.92 Å². The third kappa shape index (κ3) is 3.57.